The highest BCUT2D eigenvalue weighted by atomic mass is 16.5. The highest BCUT2D eigenvalue weighted by Gasteiger charge is 2.14. The maximum atomic E-state index is 11.9. The summed E-state index contributed by atoms with van der Waals surface area (Å²) in [5.74, 6) is -1.18. The van der Waals surface area contributed by atoms with E-state index < -0.39 is 6.04 Å². The molecule has 0 rings (SSSR count). The standard InChI is InChI=1S/C19H38N6O5/c1-14(25-16(26)6-3-7-18(28)30-2)8-11-23-17(27)13-24-19(29)15(21)5-4-10-22-12-9-20/h14-15,22H,3-13,20-21H2,1-2H3,(H,23,27)(H,24,29)(H,25,26). The van der Waals surface area contributed by atoms with E-state index in [1.54, 1.807) is 0 Å². The van der Waals surface area contributed by atoms with Gasteiger partial charge in [-0.1, -0.05) is 0 Å². The normalized spacial score (nSPS) is 12.5. The molecule has 0 saturated carbocycles. The van der Waals surface area contributed by atoms with Gasteiger partial charge in [0.2, 0.25) is 17.7 Å². The zero-order valence-electron chi connectivity index (χ0n) is 18.1. The van der Waals surface area contributed by atoms with Crippen molar-refractivity contribution in [2.24, 2.45) is 11.5 Å². The van der Waals surface area contributed by atoms with Crippen molar-refractivity contribution in [2.75, 3.05) is 39.8 Å². The van der Waals surface area contributed by atoms with Crippen LogP contribution in [0, 0.1) is 0 Å². The van der Waals surface area contributed by atoms with Crippen LogP contribution in [0.1, 0.15) is 45.4 Å². The Hall–Kier alpha value is -2.24. The number of hydrogen-bond acceptors (Lipinski definition) is 8. The lowest BCUT2D eigenvalue weighted by Crippen LogP contribution is -2.45. The minimum atomic E-state index is -0.660. The van der Waals surface area contributed by atoms with Crippen molar-refractivity contribution in [3.63, 3.8) is 0 Å². The van der Waals surface area contributed by atoms with E-state index >= 15 is 0 Å². The molecule has 0 saturated heterocycles. The molecule has 2 unspecified atom stereocenters. The first-order valence-electron chi connectivity index (χ1n) is 10.4. The second kappa shape index (κ2) is 17.6. The van der Waals surface area contributed by atoms with Crippen molar-refractivity contribution < 1.29 is 23.9 Å². The Balaban J connectivity index is 3.81. The summed E-state index contributed by atoms with van der Waals surface area (Å²) < 4.78 is 4.52. The molecule has 0 aliphatic heterocycles. The van der Waals surface area contributed by atoms with Crippen LogP contribution in [0.2, 0.25) is 0 Å². The summed E-state index contributed by atoms with van der Waals surface area (Å²) in [6.45, 7) is 4.05. The number of methoxy groups -OCH3 is 1. The molecule has 0 aromatic heterocycles. The summed E-state index contributed by atoms with van der Waals surface area (Å²) in [6, 6.07) is -0.793. The molecule has 174 valence electrons. The fourth-order valence-electron chi connectivity index (χ4n) is 2.51. The fourth-order valence-corrected chi connectivity index (χ4v) is 2.51. The van der Waals surface area contributed by atoms with Gasteiger partial charge in [-0.15, -0.1) is 0 Å². The second-order valence-corrected chi connectivity index (χ2v) is 7.04. The van der Waals surface area contributed by atoms with Crippen molar-refractivity contribution >= 4 is 23.7 Å². The molecule has 0 aromatic rings. The molecular formula is C19H38N6O5. The lowest BCUT2D eigenvalue weighted by molar-refractivity contribution is -0.140. The van der Waals surface area contributed by atoms with Gasteiger partial charge >= 0.3 is 5.97 Å². The maximum Gasteiger partial charge on any atom is 0.305 e. The SMILES string of the molecule is COC(=O)CCCC(=O)NC(C)CCNC(=O)CNC(=O)C(N)CCCNCCN. The topological polar surface area (TPSA) is 178 Å². The number of rotatable bonds is 17. The van der Waals surface area contributed by atoms with E-state index in [9.17, 15) is 19.2 Å². The minimum Gasteiger partial charge on any atom is -0.469 e. The Kier molecular flexibility index (Phi) is 16.3. The average molecular weight is 431 g/mol. The molecule has 0 bridgehead atoms. The minimum absolute atomic E-state index is 0.133. The van der Waals surface area contributed by atoms with Gasteiger partial charge in [-0.25, -0.2) is 0 Å². The van der Waals surface area contributed by atoms with Crippen molar-refractivity contribution in [3.8, 4) is 0 Å². The molecular weight excluding hydrogens is 392 g/mol. The van der Waals surface area contributed by atoms with Gasteiger partial charge < -0.3 is 37.5 Å². The maximum absolute atomic E-state index is 11.9. The Labute approximate surface area is 178 Å². The lowest BCUT2D eigenvalue weighted by atomic mass is 10.1. The van der Waals surface area contributed by atoms with E-state index in [1.165, 1.54) is 7.11 Å². The Morgan fingerprint density at radius 2 is 1.67 bits per heavy atom. The molecule has 0 spiro atoms. The van der Waals surface area contributed by atoms with Crippen LogP contribution in [-0.2, 0) is 23.9 Å². The summed E-state index contributed by atoms with van der Waals surface area (Å²) in [5, 5.41) is 11.1. The molecule has 0 radical (unpaired) electrons. The molecule has 8 N–H and O–H groups in total. The number of hydrogen-bond donors (Lipinski definition) is 6. The molecule has 0 fully saturated rings. The van der Waals surface area contributed by atoms with Crippen LogP contribution in [-0.4, -0.2) is 75.6 Å². The third-order valence-corrected chi connectivity index (χ3v) is 4.27. The third-order valence-electron chi connectivity index (χ3n) is 4.27. The Bertz CT molecular complexity index is 532. The van der Waals surface area contributed by atoms with Gasteiger partial charge in [0.15, 0.2) is 0 Å². The van der Waals surface area contributed by atoms with Crippen LogP contribution in [0.3, 0.4) is 0 Å². The van der Waals surface area contributed by atoms with Gasteiger partial charge in [-0.05, 0) is 39.2 Å². The first-order valence-corrected chi connectivity index (χ1v) is 10.4. The molecule has 0 aliphatic rings. The van der Waals surface area contributed by atoms with Crippen LogP contribution in [0.4, 0.5) is 0 Å². The van der Waals surface area contributed by atoms with Crippen molar-refractivity contribution in [1.82, 2.24) is 21.3 Å². The fraction of sp³-hybridized carbons (Fsp3) is 0.789. The Morgan fingerprint density at radius 3 is 2.33 bits per heavy atom. The number of ether oxygens (including phenoxy) is 1. The highest BCUT2D eigenvalue weighted by molar-refractivity contribution is 5.87. The summed E-state index contributed by atoms with van der Waals surface area (Å²) in [5.41, 5.74) is 11.2. The molecule has 3 amide bonds. The molecule has 11 heteroatoms. The number of carbonyl (C=O) groups is 4. The lowest BCUT2D eigenvalue weighted by Gasteiger charge is -2.15. The van der Waals surface area contributed by atoms with E-state index in [1.807, 2.05) is 6.92 Å². The van der Waals surface area contributed by atoms with Crippen LogP contribution in [0.5, 0.6) is 0 Å². The highest BCUT2D eigenvalue weighted by Crippen LogP contribution is 1.99. The molecule has 2 atom stereocenters. The largest absolute Gasteiger partial charge is 0.469 e. The summed E-state index contributed by atoms with van der Waals surface area (Å²) in [7, 11) is 1.31. The smallest absolute Gasteiger partial charge is 0.305 e. The quantitative estimate of drug-likeness (QED) is 0.115. The first-order chi connectivity index (χ1) is 14.3. The van der Waals surface area contributed by atoms with E-state index in [0.29, 0.717) is 32.4 Å². The first kappa shape index (κ1) is 27.8. The average Bonchev–Trinajstić information content (AvgIpc) is 2.71. The molecule has 11 nitrogen and oxygen atoms in total. The number of carbonyl (C=O) groups excluding carboxylic acids is 4. The predicted molar refractivity (Wildman–Crippen MR) is 113 cm³/mol. The van der Waals surface area contributed by atoms with Crippen LogP contribution in [0.15, 0.2) is 0 Å². The molecule has 0 aromatic carbocycles. The Morgan fingerprint density at radius 1 is 0.933 bits per heavy atom. The van der Waals surface area contributed by atoms with Crippen molar-refractivity contribution in [3.05, 3.63) is 0 Å². The summed E-state index contributed by atoms with van der Waals surface area (Å²) >= 11 is 0. The summed E-state index contributed by atoms with van der Waals surface area (Å²) in [6.07, 6.45) is 2.66. The van der Waals surface area contributed by atoms with Crippen LogP contribution >= 0.6 is 0 Å². The van der Waals surface area contributed by atoms with Gasteiger partial charge in [-0.2, -0.15) is 0 Å². The van der Waals surface area contributed by atoms with Gasteiger partial charge in [0.05, 0.1) is 19.7 Å². The second-order valence-electron chi connectivity index (χ2n) is 7.04. The number of esters is 1. The monoisotopic (exact) mass is 430 g/mol. The predicted octanol–water partition coefficient (Wildman–Crippen LogP) is -1.89. The van der Waals surface area contributed by atoms with E-state index in [2.05, 4.69) is 26.0 Å². The molecule has 30 heavy (non-hydrogen) atoms. The third kappa shape index (κ3) is 15.7. The number of nitrogens with one attached hydrogen (secondary N) is 4. The van der Waals surface area contributed by atoms with Crippen LogP contribution in [0.25, 0.3) is 0 Å². The zero-order valence-corrected chi connectivity index (χ0v) is 18.1. The zero-order chi connectivity index (χ0) is 22.8. The van der Waals surface area contributed by atoms with E-state index in [-0.39, 0.29) is 49.1 Å². The van der Waals surface area contributed by atoms with Gasteiger partial charge in [0.25, 0.3) is 0 Å². The van der Waals surface area contributed by atoms with Crippen LogP contribution < -0.4 is 32.7 Å². The van der Waals surface area contributed by atoms with Gasteiger partial charge in [0.1, 0.15) is 0 Å². The van der Waals surface area contributed by atoms with E-state index in [0.717, 1.165) is 19.5 Å². The number of nitrogens with two attached hydrogens (primary N) is 2. The van der Waals surface area contributed by atoms with Crippen molar-refractivity contribution in [1.29, 1.82) is 0 Å². The molecule has 0 aliphatic carbocycles. The number of amides is 3. The van der Waals surface area contributed by atoms with Crippen molar-refractivity contribution in [2.45, 2.75) is 57.5 Å². The molecule has 0 heterocycles. The van der Waals surface area contributed by atoms with Gasteiger partial charge in [-0.3, -0.25) is 19.2 Å². The summed E-state index contributed by atoms with van der Waals surface area (Å²) in [4.78, 5) is 46.5. The van der Waals surface area contributed by atoms with Gasteiger partial charge in [0, 0.05) is 38.5 Å². The van der Waals surface area contributed by atoms with E-state index in [4.69, 9.17) is 11.5 Å².